The van der Waals surface area contributed by atoms with Gasteiger partial charge in [-0.25, -0.2) is 4.39 Å². The first-order valence-electron chi connectivity index (χ1n) is 5.41. The van der Waals surface area contributed by atoms with Crippen LogP contribution in [0.4, 0.5) is 10.1 Å². The van der Waals surface area contributed by atoms with Crippen LogP contribution in [0.3, 0.4) is 0 Å². The van der Waals surface area contributed by atoms with Gasteiger partial charge in [-0.15, -0.1) is 0 Å². The third kappa shape index (κ3) is 4.44. The number of rotatable bonds is 4. The molecule has 1 atom stereocenters. The van der Waals surface area contributed by atoms with Crippen LogP contribution < -0.4 is 11.1 Å². The third-order valence-corrected chi connectivity index (χ3v) is 2.74. The van der Waals surface area contributed by atoms with Gasteiger partial charge in [-0.1, -0.05) is 29.8 Å². The fourth-order valence-corrected chi connectivity index (χ4v) is 1.76. The van der Waals surface area contributed by atoms with Gasteiger partial charge in [0, 0.05) is 4.47 Å². The molecule has 0 spiro atoms. The van der Waals surface area contributed by atoms with Gasteiger partial charge < -0.3 is 11.1 Å². The topological polar surface area (TPSA) is 55.1 Å². The maximum Gasteiger partial charge on any atom is 0.241 e. The van der Waals surface area contributed by atoms with Crippen LogP contribution in [0.5, 0.6) is 0 Å². The Balaban J connectivity index is 2.67. The van der Waals surface area contributed by atoms with E-state index in [0.29, 0.717) is 16.8 Å². The van der Waals surface area contributed by atoms with Crippen molar-refractivity contribution in [2.75, 3.05) is 5.32 Å². The van der Waals surface area contributed by atoms with Gasteiger partial charge >= 0.3 is 0 Å². The highest BCUT2D eigenvalue weighted by atomic mass is 79.9. The highest BCUT2D eigenvalue weighted by molar-refractivity contribution is 9.10. The van der Waals surface area contributed by atoms with E-state index < -0.39 is 11.9 Å². The van der Waals surface area contributed by atoms with Crippen molar-refractivity contribution >= 4 is 27.5 Å². The largest absolute Gasteiger partial charge is 0.322 e. The highest BCUT2D eigenvalue weighted by Gasteiger charge is 2.16. The number of carbonyl (C=O) groups is 1. The molecule has 1 aromatic rings. The summed E-state index contributed by atoms with van der Waals surface area (Å²) in [7, 11) is 0. The molecule has 0 radical (unpaired) electrons. The smallest absolute Gasteiger partial charge is 0.241 e. The van der Waals surface area contributed by atoms with E-state index in [9.17, 15) is 9.18 Å². The van der Waals surface area contributed by atoms with Crippen LogP contribution in [0, 0.1) is 11.7 Å². The van der Waals surface area contributed by atoms with Gasteiger partial charge in [0.15, 0.2) is 0 Å². The summed E-state index contributed by atoms with van der Waals surface area (Å²) in [6, 6.07) is 3.84. The molecule has 0 aliphatic rings. The lowest BCUT2D eigenvalue weighted by Gasteiger charge is -2.14. The molecule has 17 heavy (non-hydrogen) atoms. The Morgan fingerprint density at radius 3 is 2.71 bits per heavy atom. The monoisotopic (exact) mass is 302 g/mol. The average Bonchev–Trinajstić information content (AvgIpc) is 2.21. The highest BCUT2D eigenvalue weighted by Crippen LogP contribution is 2.19. The molecule has 0 saturated heterocycles. The number of amides is 1. The summed E-state index contributed by atoms with van der Waals surface area (Å²) in [5.74, 6) is -0.519. The number of carbonyl (C=O) groups excluding carboxylic acids is 1. The van der Waals surface area contributed by atoms with Gasteiger partial charge in [0.05, 0.1) is 11.7 Å². The van der Waals surface area contributed by atoms with Crippen molar-refractivity contribution in [3.63, 3.8) is 0 Å². The van der Waals surface area contributed by atoms with Crippen molar-refractivity contribution in [2.45, 2.75) is 26.3 Å². The van der Waals surface area contributed by atoms with Crippen LogP contribution in [0.1, 0.15) is 20.3 Å². The Kier molecular flexibility index (Phi) is 5.08. The van der Waals surface area contributed by atoms with Crippen molar-refractivity contribution in [3.05, 3.63) is 28.5 Å². The summed E-state index contributed by atoms with van der Waals surface area (Å²) in [4.78, 5) is 11.7. The van der Waals surface area contributed by atoms with Gasteiger partial charge in [-0.05, 0) is 30.5 Å². The molecular formula is C12H16BrFN2O. The molecule has 0 fully saturated rings. The van der Waals surface area contributed by atoms with E-state index in [1.54, 1.807) is 6.07 Å². The lowest BCUT2D eigenvalue weighted by atomic mass is 10.0. The fourth-order valence-electron chi connectivity index (χ4n) is 1.43. The zero-order chi connectivity index (χ0) is 13.0. The molecule has 1 amide bonds. The molecule has 1 aromatic carbocycles. The minimum absolute atomic E-state index is 0.150. The summed E-state index contributed by atoms with van der Waals surface area (Å²) in [5.41, 5.74) is 5.85. The molecule has 1 unspecified atom stereocenters. The van der Waals surface area contributed by atoms with Crippen molar-refractivity contribution in [2.24, 2.45) is 11.7 Å². The first-order valence-corrected chi connectivity index (χ1v) is 6.21. The molecule has 0 heterocycles. The molecular weight excluding hydrogens is 287 g/mol. The van der Waals surface area contributed by atoms with Crippen LogP contribution in [0.2, 0.25) is 0 Å². The molecule has 94 valence electrons. The molecule has 1 rings (SSSR count). The molecule has 5 heteroatoms. The van der Waals surface area contributed by atoms with Crippen LogP contribution >= 0.6 is 15.9 Å². The molecule has 3 N–H and O–H groups in total. The molecule has 0 aromatic heterocycles. The predicted octanol–water partition coefficient (Wildman–Crippen LogP) is 2.90. The number of hydrogen-bond acceptors (Lipinski definition) is 2. The van der Waals surface area contributed by atoms with E-state index >= 15 is 0 Å². The van der Waals surface area contributed by atoms with Crippen molar-refractivity contribution in [1.29, 1.82) is 0 Å². The Labute approximate surface area is 109 Å². The molecule has 0 aliphatic heterocycles. The van der Waals surface area contributed by atoms with E-state index in [1.807, 2.05) is 13.8 Å². The maximum absolute atomic E-state index is 13.5. The zero-order valence-corrected chi connectivity index (χ0v) is 11.4. The van der Waals surface area contributed by atoms with Gasteiger partial charge in [0.1, 0.15) is 5.82 Å². The Bertz CT molecular complexity index is 409. The number of nitrogens with one attached hydrogen (secondary N) is 1. The number of hydrogen-bond donors (Lipinski definition) is 2. The molecule has 3 nitrogen and oxygen atoms in total. The number of anilines is 1. The molecule has 0 bridgehead atoms. The fraction of sp³-hybridized carbons (Fsp3) is 0.417. The Hall–Kier alpha value is -0.940. The molecule has 0 saturated carbocycles. The van der Waals surface area contributed by atoms with Gasteiger partial charge in [-0.2, -0.15) is 0 Å². The van der Waals surface area contributed by atoms with E-state index in [-0.39, 0.29) is 11.6 Å². The summed E-state index contributed by atoms with van der Waals surface area (Å²) >= 11 is 3.15. The number of benzene rings is 1. The third-order valence-electron chi connectivity index (χ3n) is 2.25. The van der Waals surface area contributed by atoms with E-state index in [4.69, 9.17) is 5.73 Å². The standard InChI is InChI=1S/C12H16BrFN2O/c1-7(2)5-10(15)12(17)16-11-4-3-8(13)6-9(11)14/h3-4,6-7,10H,5,15H2,1-2H3,(H,16,17). The van der Waals surface area contributed by atoms with Crippen LogP contribution in [0.15, 0.2) is 22.7 Å². The van der Waals surface area contributed by atoms with Crippen LogP contribution in [-0.2, 0) is 4.79 Å². The van der Waals surface area contributed by atoms with Crippen molar-refractivity contribution in [1.82, 2.24) is 0 Å². The second kappa shape index (κ2) is 6.12. The second-order valence-electron chi connectivity index (χ2n) is 4.35. The van der Waals surface area contributed by atoms with E-state index in [0.717, 1.165) is 0 Å². The van der Waals surface area contributed by atoms with Crippen molar-refractivity contribution < 1.29 is 9.18 Å². The van der Waals surface area contributed by atoms with Gasteiger partial charge in [0.25, 0.3) is 0 Å². The summed E-state index contributed by atoms with van der Waals surface area (Å²) in [6.07, 6.45) is 0.573. The zero-order valence-electron chi connectivity index (χ0n) is 9.84. The Morgan fingerprint density at radius 2 is 2.18 bits per heavy atom. The van der Waals surface area contributed by atoms with Gasteiger partial charge in [-0.3, -0.25) is 4.79 Å². The summed E-state index contributed by atoms with van der Waals surface area (Å²) < 4.78 is 14.1. The number of halogens is 2. The maximum atomic E-state index is 13.5. The van der Waals surface area contributed by atoms with E-state index in [1.165, 1.54) is 12.1 Å². The normalized spacial score (nSPS) is 12.6. The predicted molar refractivity (Wildman–Crippen MR) is 70.2 cm³/mol. The van der Waals surface area contributed by atoms with Crippen LogP contribution in [0.25, 0.3) is 0 Å². The lowest BCUT2D eigenvalue weighted by Crippen LogP contribution is -2.36. The Morgan fingerprint density at radius 1 is 1.53 bits per heavy atom. The second-order valence-corrected chi connectivity index (χ2v) is 5.27. The first kappa shape index (κ1) is 14.1. The number of nitrogens with two attached hydrogens (primary N) is 1. The quantitative estimate of drug-likeness (QED) is 0.898. The summed E-state index contributed by atoms with van der Waals surface area (Å²) in [6.45, 7) is 3.96. The van der Waals surface area contributed by atoms with E-state index in [2.05, 4.69) is 21.2 Å². The minimum Gasteiger partial charge on any atom is -0.322 e. The summed E-state index contributed by atoms with van der Waals surface area (Å²) in [5, 5.41) is 2.48. The average molecular weight is 303 g/mol. The SMILES string of the molecule is CC(C)CC(N)C(=O)Nc1ccc(Br)cc1F. The lowest BCUT2D eigenvalue weighted by molar-refractivity contribution is -0.117. The van der Waals surface area contributed by atoms with Crippen molar-refractivity contribution in [3.8, 4) is 0 Å². The van der Waals surface area contributed by atoms with Gasteiger partial charge in [0.2, 0.25) is 5.91 Å². The minimum atomic E-state index is -0.613. The van der Waals surface area contributed by atoms with Crippen LogP contribution in [-0.4, -0.2) is 11.9 Å². The first-order chi connectivity index (χ1) is 7.90. The molecule has 0 aliphatic carbocycles.